The number of benzene rings is 2. The van der Waals surface area contributed by atoms with E-state index in [1.165, 1.54) is 18.7 Å². The Balaban J connectivity index is 1.27. The second-order valence-corrected chi connectivity index (χ2v) is 12.4. The van der Waals surface area contributed by atoms with E-state index in [1.807, 2.05) is 6.07 Å². The lowest BCUT2D eigenvalue weighted by Gasteiger charge is -2.45. The normalized spacial score (nSPS) is 15.6. The SMILES string of the molecule is CC(C)(C)OC(=O)NCC#Cc1ccc(NC(=O)N2c3nc(-c4cccc(C(F)(F)F)c4)ccc3N3CCC[C@H]2C3)cc1-c1cnco1. The second-order valence-electron chi connectivity index (χ2n) is 12.4. The minimum absolute atomic E-state index is 0.0471. The van der Waals surface area contributed by atoms with Gasteiger partial charge >= 0.3 is 18.3 Å². The molecular weight excluding hydrogens is 625 g/mol. The summed E-state index contributed by atoms with van der Waals surface area (Å²) in [7, 11) is 0. The molecule has 10 nitrogen and oxygen atoms in total. The Morgan fingerprint density at radius 1 is 1.10 bits per heavy atom. The first-order valence-corrected chi connectivity index (χ1v) is 15.4. The third kappa shape index (κ3) is 7.22. The molecule has 1 fully saturated rings. The van der Waals surface area contributed by atoms with Crippen LogP contribution in [-0.2, 0) is 10.9 Å². The second kappa shape index (κ2) is 12.9. The number of hydrogen-bond acceptors (Lipinski definition) is 7. The van der Waals surface area contributed by atoms with E-state index in [2.05, 4.69) is 32.4 Å². The lowest BCUT2D eigenvalue weighted by molar-refractivity contribution is -0.137. The number of aromatic nitrogens is 2. The van der Waals surface area contributed by atoms with Crippen molar-refractivity contribution in [1.82, 2.24) is 15.3 Å². The van der Waals surface area contributed by atoms with Gasteiger partial charge in [-0.15, -0.1) is 0 Å². The van der Waals surface area contributed by atoms with E-state index in [1.54, 1.807) is 56.0 Å². The molecule has 3 amide bonds. The van der Waals surface area contributed by atoms with Crippen molar-refractivity contribution in [2.75, 3.05) is 34.8 Å². The van der Waals surface area contributed by atoms with Crippen molar-refractivity contribution in [2.24, 2.45) is 0 Å². The highest BCUT2D eigenvalue weighted by molar-refractivity contribution is 6.05. The van der Waals surface area contributed by atoms with Gasteiger partial charge in [-0.25, -0.2) is 19.6 Å². The predicted octanol–water partition coefficient (Wildman–Crippen LogP) is 7.32. The smallest absolute Gasteiger partial charge is 0.416 e. The Bertz CT molecular complexity index is 1890. The topological polar surface area (TPSA) is 113 Å². The summed E-state index contributed by atoms with van der Waals surface area (Å²) in [5, 5.41) is 5.57. The van der Waals surface area contributed by atoms with Crippen molar-refractivity contribution in [2.45, 2.75) is 51.4 Å². The van der Waals surface area contributed by atoms with Crippen LogP contribution in [0, 0.1) is 11.8 Å². The fraction of sp³-hybridized carbons (Fsp3) is 0.314. The zero-order valence-electron chi connectivity index (χ0n) is 26.5. The van der Waals surface area contributed by atoms with E-state index in [0.717, 1.165) is 37.2 Å². The Morgan fingerprint density at radius 3 is 2.69 bits per heavy atom. The molecule has 0 unspecified atom stereocenters. The molecule has 4 heterocycles. The summed E-state index contributed by atoms with van der Waals surface area (Å²) in [5.74, 6) is 6.73. The number of hydrogen-bond donors (Lipinski definition) is 2. The van der Waals surface area contributed by atoms with Gasteiger partial charge in [-0.05, 0) is 76.1 Å². The number of piperidine rings is 1. The Kier molecular flexibility index (Phi) is 8.75. The number of fused-ring (bicyclic) bond motifs is 4. The Morgan fingerprint density at radius 2 is 1.94 bits per heavy atom. The number of nitrogens with one attached hydrogen (secondary N) is 2. The molecule has 0 spiro atoms. The molecule has 6 rings (SSSR count). The van der Waals surface area contributed by atoms with Crippen LogP contribution in [0.4, 0.5) is 40.0 Å². The van der Waals surface area contributed by atoms with Crippen LogP contribution in [0.25, 0.3) is 22.6 Å². The number of carbonyl (C=O) groups is 2. The molecule has 2 N–H and O–H groups in total. The minimum atomic E-state index is -4.50. The minimum Gasteiger partial charge on any atom is -0.444 e. The van der Waals surface area contributed by atoms with Gasteiger partial charge in [-0.3, -0.25) is 4.90 Å². The number of alkyl halides is 3. The molecule has 248 valence electrons. The third-order valence-corrected chi connectivity index (χ3v) is 7.80. The average molecular weight is 659 g/mol. The first kappa shape index (κ1) is 32.4. The quantitative estimate of drug-likeness (QED) is 0.221. The number of rotatable bonds is 4. The number of oxazole rings is 1. The van der Waals surface area contributed by atoms with Gasteiger partial charge in [0.2, 0.25) is 0 Å². The van der Waals surface area contributed by atoms with Crippen molar-refractivity contribution in [1.29, 1.82) is 0 Å². The van der Waals surface area contributed by atoms with Gasteiger partial charge < -0.3 is 24.7 Å². The largest absolute Gasteiger partial charge is 0.444 e. The summed E-state index contributed by atoms with van der Waals surface area (Å²) < 4.78 is 51.2. The van der Waals surface area contributed by atoms with Crippen molar-refractivity contribution in [3.8, 4) is 34.4 Å². The summed E-state index contributed by atoms with van der Waals surface area (Å²) in [6, 6.07) is 13.0. The number of halogens is 3. The molecule has 2 aromatic heterocycles. The summed E-state index contributed by atoms with van der Waals surface area (Å²) in [6.45, 7) is 6.76. The highest BCUT2D eigenvalue weighted by Crippen LogP contribution is 2.40. The third-order valence-electron chi connectivity index (χ3n) is 7.80. The first-order chi connectivity index (χ1) is 22.9. The number of pyridine rings is 1. The first-order valence-electron chi connectivity index (χ1n) is 15.4. The lowest BCUT2D eigenvalue weighted by atomic mass is 9.99. The van der Waals surface area contributed by atoms with Gasteiger partial charge in [0.1, 0.15) is 5.60 Å². The standard InChI is InChI=1S/C35H33F3N6O4/c1-34(2,3)48-33(46)40-15-5-8-22-11-12-25(18-27(22)30-19-39-21-47-30)41-32(45)44-26-10-6-16-43(20-26)29-14-13-28(42-31(29)44)23-7-4-9-24(17-23)35(36,37)38/h4,7,9,11-14,17-19,21,26H,6,10,15-16,20H2,1-3H3,(H,40,46)(H,41,45)/t26-/m0/s1. The van der Waals surface area contributed by atoms with Crippen LogP contribution in [0.5, 0.6) is 0 Å². The van der Waals surface area contributed by atoms with Crippen molar-refractivity contribution < 1.29 is 31.9 Å². The molecule has 2 bridgehead atoms. The zero-order chi connectivity index (χ0) is 34.1. The molecule has 2 aromatic carbocycles. The monoisotopic (exact) mass is 658 g/mol. The number of carbonyl (C=O) groups excluding carboxylic acids is 2. The maximum atomic E-state index is 14.0. The molecule has 4 aromatic rings. The van der Waals surface area contributed by atoms with Crippen molar-refractivity contribution in [3.05, 3.63) is 78.3 Å². The van der Waals surface area contributed by atoms with Crippen LogP contribution < -0.4 is 20.4 Å². The Labute approximate surface area is 275 Å². The maximum absolute atomic E-state index is 14.0. The molecule has 0 aliphatic carbocycles. The predicted molar refractivity (Wildman–Crippen MR) is 174 cm³/mol. The number of nitrogens with zero attached hydrogens (tertiary/aromatic N) is 4. The van der Waals surface area contributed by atoms with E-state index in [0.29, 0.717) is 46.2 Å². The van der Waals surface area contributed by atoms with Gasteiger partial charge in [-0.2, -0.15) is 13.2 Å². The number of ether oxygens (including phenoxy) is 1. The zero-order valence-corrected chi connectivity index (χ0v) is 26.5. The van der Waals surface area contributed by atoms with Gasteiger partial charge in [0.15, 0.2) is 18.0 Å². The van der Waals surface area contributed by atoms with Gasteiger partial charge in [-0.1, -0.05) is 24.0 Å². The van der Waals surface area contributed by atoms with E-state index in [4.69, 9.17) is 14.1 Å². The number of urea groups is 1. The van der Waals surface area contributed by atoms with Gasteiger partial charge in [0, 0.05) is 35.5 Å². The highest BCUT2D eigenvalue weighted by Gasteiger charge is 2.38. The molecule has 1 saturated heterocycles. The van der Waals surface area contributed by atoms with Crippen molar-refractivity contribution in [3.63, 3.8) is 0 Å². The average Bonchev–Trinajstić information content (AvgIpc) is 3.58. The number of anilines is 3. The fourth-order valence-electron chi connectivity index (χ4n) is 5.74. The van der Waals surface area contributed by atoms with E-state index in [9.17, 15) is 22.8 Å². The maximum Gasteiger partial charge on any atom is 0.416 e. The Hall–Kier alpha value is -5.51. The van der Waals surface area contributed by atoms with Crippen LogP contribution in [0.1, 0.15) is 44.7 Å². The molecule has 1 atom stereocenters. The van der Waals surface area contributed by atoms with E-state index < -0.39 is 29.5 Å². The lowest BCUT2D eigenvalue weighted by Crippen LogP contribution is -2.56. The van der Waals surface area contributed by atoms with Gasteiger partial charge in [0.25, 0.3) is 0 Å². The summed E-state index contributed by atoms with van der Waals surface area (Å²) in [4.78, 5) is 38.5. The molecule has 0 radical (unpaired) electrons. The fourth-order valence-corrected chi connectivity index (χ4v) is 5.74. The molecule has 2 aliphatic heterocycles. The van der Waals surface area contributed by atoms with E-state index in [-0.39, 0.29) is 12.6 Å². The molecule has 0 saturated carbocycles. The summed E-state index contributed by atoms with van der Waals surface area (Å²) in [5.41, 5.74) is 1.57. The number of amides is 3. The number of alkyl carbamates (subject to hydrolysis) is 1. The summed E-state index contributed by atoms with van der Waals surface area (Å²) in [6.07, 6.45) is -0.649. The molecular formula is C35H33F3N6O4. The van der Waals surface area contributed by atoms with Crippen LogP contribution in [0.2, 0.25) is 0 Å². The van der Waals surface area contributed by atoms with Crippen LogP contribution in [0.3, 0.4) is 0 Å². The summed E-state index contributed by atoms with van der Waals surface area (Å²) >= 11 is 0. The van der Waals surface area contributed by atoms with Crippen LogP contribution in [0.15, 0.2) is 71.6 Å². The molecule has 13 heteroatoms. The molecule has 48 heavy (non-hydrogen) atoms. The van der Waals surface area contributed by atoms with Crippen LogP contribution >= 0.6 is 0 Å². The van der Waals surface area contributed by atoms with Gasteiger partial charge in [0.05, 0.1) is 35.7 Å². The molecule has 2 aliphatic rings. The van der Waals surface area contributed by atoms with E-state index >= 15 is 0 Å². The van der Waals surface area contributed by atoms with Crippen molar-refractivity contribution >= 4 is 29.3 Å². The highest BCUT2D eigenvalue weighted by atomic mass is 19.4. The van der Waals surface area contributed by atoms with Crippen LogP contribution in [-0.4, -0.2) is 53.4 Å².